The maximum atomic E-state index is 12.5. The summed E-state index contributed by atoms with van der Waals surface area (Å²) < 4.78 is 10.9. The van der Waals surface area contributed by atoms with E-state index in [4.69, 9.17) is 9.15 Å². The summed E-state index contributed by atoms with van der Waals surface area (Å²) in [6, 6.07) is 13.0. The molecule has 2 N–H and O–H groups in total. The minimum Gasteiger partial charge on any atom is -0.484 e. The minimum absolute atomic E-state index is 0.00990. The van der Waals surface area contributed by atoms with Crippen LogP contribution >= 0.6 is 0 Å². The Morgan fingerprint density at radius 3 is 2.77 bits per heavy atom. The lowest BCUT2D eigenvalue weighted by molar-refractivity contribution is -0.134. The van der Waals surface area contributed by atoms with Gasteiger partial charge in [0.05, 0.1) is 12.8 Å². The Morgan fingerprint density at radius 2 is 2.03 bits per heavy atom. The predicted octanol–water partition coefficient (Wildman–Crippen LogP) is 3.03. The number of aromatic nitrogens is 2. The van der Waals surface area contributed by atoms with Gasteiger partial charge in [0.1, 0.15) is 17.2 Å². The highest BCUT2D eigenvalue weighted by Crippen LogP contribution is 2.27. The van der Waals surface area contributed by atoms with Crippen LogP contribution in [0.2, 0.25) is 0 Å². The minimum atomic E-state index is -0.250. The molecule has 3 aromatic rings. The van der Waals surface area contributed by atoms with E-state index >= 15 is 0 Å². The third-order valence-corrected chi connectivity index (χ3v) is 5.57. The van der Waals surface area contributed by atoms with Gasteiger partial charge in [0.15, 0.2) is 6.61 Å². The number of likely N-dealkylation sites (tertiary alicyclic amines) is 1. The topological polar surface area (TPSA) is 100 Å². The number of nitrogens with one attached hydrogen (secondary N) is 2. The number of hydrogen-bond donors (Lipinski definition) is 2. The Balaban J connectivity index is 1.24. The van der Waals surface area contributed by atoms with Crippen molar-refractivity contribution in [1.82, 2.24) is 20.4 Å². The summed E-state index contributed by atoms with van der Waals surface area (Å²) in [4.78, 5) is 26.6. The number of nitrogens with zero attached hydrogens (tertiary/aromatic N) is 2. The highest BCUT2D eigenvalue weighted by molar-refractivity contribution is 5.92. The molecule has 1 aliphatic rings. The number of para-hydroxylation sites is 1. The summed E-state index contributed by atoms with van der Waals surface area (Å²) in [5, 5.41) is 9.92. The van der Waals surface area contributed by atoms with Gasteiger partial charge in [0, 0.05) is 24.7 Å². The second-order valence-corrected chi connectivity index (χ2v) is 7.68. The van der Waals surface area contributed by atoms with Gasteiger partial charge >= 0.3 is 0 Å². The van der Waals surface area contributed by atoms with E-state index in [-0.39, 0.29) is 24.3 Å². The fourth-order valence-electron chi connectivity index (χ4n) is 3.72. The van der Waals surface area contributed by atoms with Crippen molar-refractivity contribution in [1.29, 1.82) is 0 Å². The first-order chi connectivity index (χ1) is 15.1. The van der Waals surface area contributed by atoms with E-state index in [9.17, 15) is 9.59 Å². The first-order valence-corrected chi connectivity index (χ1v) is 10.4. The molecule has 2 amide bonds. The third kappa shape index (κ3) is 5.14. The quantitative estimate of drug-likeness (QED) is 0.610. The van der Waals surface area contributed by atoms with E-state index in [1.54, 1.807) is 24.5 Å². The first kappa shape index (κ1) is 20.7. The van der Waals surface area contributed by atoms with Crippen LogP contribution in [-0.4, -0.2) is 46.6 Å². The molecular formula is C23H26N4O4. The van der Waals surface area contributed by atoms with Gasteiger partial charge in [0.25, 0.3) is 11.8 Å². The van der Waals surface area contributed by atoms with Crippen LogP contribution in [-0.2, 0) is 11.3 Å². The molecule has 0 atom stereocenters. The molecular weight excluding hydrogens is 396 g/mol. The smallest absolute Gasteiger partial charge is 0.272 e. The standard InChI is InChI=1S/C23H26N4O4/c1-16-5-2-3-7-21(16)31-15-22(28)27-10-8-17(9-11-27)19-13-20(26-25-19)23(29)24-14-18-6-4-12-30-18/h2-7,12-13,17H,8-11,14-15H2,1H3,(H,24,29)(H,25,26). The molecule has 1 aromatic carbocycles. The summed E-state index contributed by atoms with van der Waals surface area (Å²) >= 11 is 0. The van der Waals surface area contributed by atoms with E-state index < -0.39 is 0 Å². The lowest BCUT2D eigenvalue weighted by Gasteiger charge is -2.31. The molecule has 0 unspecified atom stereocenters. The highest BCUT2D eigenvalue weighted by Gasteiger charge is 2.26. The van der Waals surface area contributed by atoms with Crippen LogP contribution in [0.1, 0.15) is 46.3 Å². The Hall–Kier alpha value is -3.55. The second-order valence-electron chi connectivity index (χ2n) is 7.68. The molecule has 1 aliphatic heterocycles. The number of carbonyl (C=O) groups is 2. The summed E-state index contributed by atoms with van der Waals surface area (Å²) in [6.07, 6.45) is 3.19. The average molecular weight is 422 g/mol. The van der Waals surface area contributed by atoms with Crippen molar-refractivity contribution in [2.45, 2.75) is 32.2 Å². The number of amides is 2. The Kier molecular flexibility index (Phi) is 6.35. The highest BCUT2D eigenvalue weighted by atomic mass is 16.5. The molecule has 2 aromatic heterocycles. The van der Waals surface area contributed by atoms with Crippen molar-refractivity contribution in [3.63, 3.8) is 0 Å². The molecule has 0 saturated carbocycles. The van der Waals surface area contributed by atoms with Gasteiger partial charge in [-0.15, -0.1) is 0 Å². The molecule has 0 aliphatic carbocycles. The SMILES string of the molecule is Cc1ccccc1OCC(=O)N1CCC(c2cc(C(=O)NCc3ccco3)n[nH]2)CC1. The number of aromatic amines is 1. The van der Waals surface area contributed by atoms with Crippen LogP contribution in [0.25, 0.3) is 0 Å². The number of rotatable bonds is 7. The van der Waals surface area contributed by atoms with Crippen molar-refractivity contribution in [3.05, 3.63) is 71.4 Å². The van der Waals surface area contributed by atoms with Crippen LogP contribution in [0, 0.1) is 6.92 Å². The molecule has 0 radical (unpaired) electrons. The van der Waals surface area contributed by atoms with Crippen LogP contribution in [0.5, 0.6) is 5.75 Å². The van der Waals surface area contributed by atoms with Gasteiger partial charge in [-0.05, 0) is 49.6 Å². The zero-order chi connectivity index (χ0) is 21.6. The molecule has 3 heterocycles. The van der Waals surface area contributed by atoms with Crippen LogP contribution in [0.3, 0.4) is 0 Å². The number of hydrogen-bond acceptors (Lipinski definition) is 5. The van der Waals surface area contributed by atoms with E-state index in [1.165, 1.54) is 0 Å². The maximum absolute atomic E-state index is 12.5. The monoisotopic (exact) mass is 422 g/mol. The summed E-state index contributed by atoms with van der Waals surface area (Å²) in [5.74, 6) is 1.40. The number of piperidine rings is 1. The molecule has 0 bridgehead atoms. The van der Waals surface area contributed by atoms with Gasteiger partial charge in [-0.1, -0.05) is 18.2 Å². The molecule has 8 nitrogen and oxygen atoms in total. The molecule has 1 fully saturated rings. The van der Waals surface area contributed by atoms with Gasteiger partial charge in [-0.25, -0.2) is 0 Å². The predicted molar refractivity (Wildman–Crippen MR) is 114 cm³/mol. The van der Waals surface area contributed by atoms with Gasteiger partial charge in [-0.2, -0.15) is 5.10 Å². The largest absolute Gasteiger partial charge is 0.484 e. The zero-order valence-corrected chi connectivity index (χ0v) is 17.5. The molecule has 0 spiro atoms. The molecule has 1 saturated heterocycles. The van der Waals surface area contributed by atoms with E-state index in [2.05, 4.69) is 15.5 Å². The van der Waals surface area contributed by atoms with Crippen molar-refractivity contribution >= 4 is 11.8 Å². The number of benzene rings is 1. The Morgan fingerprint density at radius 1 is 1.23 bits per heavy atom. The molecule has 4 rings (SSSR count). The fraction of sp³-hybridized carbons (Fsp3) is 0.348. The van der Waals surface area contributed by atoms with Crippen molar-refractivity contribution in [2.24, 2.45) is 0 Å². The zero-order valence-electron chi connectivity index (χ0n) is 17.5. The number of ether oxygens (including phenoxy) is 1. The average Bonchev–Trinajstić information content (AvgIpc) is 3.49. The normalized spacial score (nSPS) is 14.4. The van der Waals surface area contributed by atoms with Crippen LogP contribution in [0.4, 0.5) is 0 Å². The van der Waals surface area contributed by atoms with Crippen molar-refractivity contribution < 1.29 is 18.7 Å². The number of H-pyrrole nitrogens is 1. The van der Waals surface area contributed by atoms with E-state index in [0.717, 1.165) is 29.8 Å². The molecule has 162 valence electrons. The number of carbonyl (C=O) groups excluding carboxylic acids is 2. The third-order valence-electron chi connectivity index (χ3n) is 5.57. The lowest BCUT2D eigenvalue weighted by Crippen LogP contribution is -2.40. The van der Waals surface area contributed by atoms with Crippen LogP contribution < -0.4 is 10.1 Å². The fourth-order valence-corrected chi connectivity index (χ4v) is 3.72. The maximum Gasteiger partial charge on any atom is 0.272 e. The van der Waals surface area contributed by atoms with Gasteiger partial charge < -0.3 is 19.4 Å². The summed E-state index contributed by atoms with van der Waals surface area (Å²) in [5.41, 5.74) is 2.29. The molecule has 31 heavy (non-hydrogen) atoms. The molecule has 8 heteroatoms. The summed E-state index contributed by atoms with van der Waals surface area (Å²) in [6.45, 7) is 3.62. The first-order valence-electron chi connectivity index (χ1n) is 10.4. The lowest BCUT2D eigenvalue weighted by atomic mass is 9.93. The summed E-state index contributed by atoms with van der Waals surface area (Å²) in [7, 11) is 0. The van der Waals surface area contributed by atoms with Crippen LogP contribution in [0.15, 0.2) is 53.1 Å². The van der Waals surface area contributed by atoms with E-state index in [0.29, 0.717) is 31.1 Å². The van der Waals surface area contributed by atoms with Gasteiger partial charge in [-0.3, -0.25) is 14.7 Å². The van der Waals surface area contributed by atoms with Crippen molar-refractivity contribution in [3.8, 4) is 5.75 Å². The Labute approximate surface area is 180 Å². The van der Waals surface area contributed by atoms with E-state index in [1.807, 2.05) is 36.1 Å². The van der Waals surface area contributed by atoms with Gasteiger partial charge in [0.2, 0.25) is 0 Å². The second kappa shape index (κ2) is 9.51. The van der Waals surface area contributed by atoms with Crippen molar-refractivity contribution in [2.75, 3.05) is 19.7 Å². The number of furan rings is 1. The number of aryl methyl sites for hydroxylation is 1. The Bertz CT molecular complexity index is 1020.